The summed E-state index contributed by atoms with van der Waals surface area (Å²) >= 11 is 1.92. The van der Waals surface area contributed by atoms with Crippen LogP contribution in [-0.4, -0.2) is 41.6 Å². The van der Waals surface area contributed by atoms with Crippen molar-refractivity contribution >= 4 is 23.7 Å². The summed E-state index contributed by atoms with van der Waals surface area (Å²) in [5.74, 6) is 1.08. The lowest BCUT2D eigenvalue weighted by Crippen LogP contribution is -2.36. The number of unbranched alkanes of at least 4 members (excludes halogenated alkanes) is 1. The lowest BCUT2D eigenvalue weighted by molar-refractivity contribution is -0.121. The molecule has 3 amide bonds. The minimum atomic E-state index is -0.0379. The summed E-state index contributed by atoms with van der Waals surface area (Å²) in [7, 11) is 0. The molecule has 0 saturated carbocycles. The molecule has 5 nitrogen and oxygen atoms in total. The Morgan fingerprint density at radius 2 is 2.32 bits per heavy atom. The summed E-state index contributed by atoms with van der Waals surface area (Å²) in [5.41, 5.74) is 0. The first-order chi connectivity index (χ1) is 9.20. The van der Waals surface area contributed by atoms with Crippen LogP contribution in [0.4, 0.5) is 4.79 Å². The number of urea groups is 1. The van der Waals surface area contributed by atoms with Gasteiger partial charge in [0.25, 0.3) is 0 Å². The fourth-order valence-electron chi connectivity index (χ4n) is 2.55. The SMILES string of the molecule is C=CCNC(=O)CCCCC1SC[C@H]2NC(=O)N[C@@H]12. The Morgan fingerprint density at radius 1 is 1.47 bits per heavy atom. The van der Waals surface area contributed by atoms with Gasteiger partial charge in [-0.1, -0.05) is 12.5 Å². The third-order valence-corrected chi connectivity index (χ3v) is 5.03. The lowest BCUT2D eigenvalue weighted by atomic mass is 10.0. The number of fused-ring (bicyclic) bond motifs is 1. The van der Waals surface area contributed by atoms with Crippen LogP contribution in [0.15, 0.2) is 12.7 Å². The van der Waals surface area contributed by atoms with Gasteiger partial charge in [-0.3, -0.25) is 4.79 Å². The highest BCUT2D eigenvalue weighted by molar-refractivity contribution is 8.00. The zero-order valence-electron chi connectivity index (χ0n) is 11.0. The maximum Gasteiger partial charge on any atom is 0.315 e. The molecule has 2 rings (SSSR count). The number of nitrogens with one attached hydrogen (secondary N) is 3. The van der Waals surface area contributed by atoms with Crippen molar-refractivity contribution in [1.29, 1.82) is 0 Å². The van der Waals surface area contributed by atoms with E-state index in [-0.39, 0.29) is 18.0 Å². The van der Waals surface area contributed by atoms with Gasteiger partial charge in [0.15, 0.2) is 0 Å². The molecule has 0 aromatic carbocycles. The molecule has 19 heavy (non-hydrogen) atoms. The summed E-state index contributed by atoms with van der Waals surface area (Å²) < 4.78 is 0. The van der Waals surface area contributed by atoms with Gasteiger partial charge in [0.1, 0.15) is 0 Å². The molecule has 0 radical (unpaired) electrons. The molecular formula is C13H21N3O2S. The van der Waals surface area contributed by atoms with Crippen LogP contribution in [0, 0.1) is 0 Å². The number of amides is 3. The maximum absolute atomic E-state index is 11.4. The molecule has 106 valence electrons. The Labute approximate surface area is 118 Å². The fourth-order valence-corrected chi connectivity index (χ4v) is 4.09. The van der Waals surface area contributed by atoms with E-state index in [1.54, 1.807) is 6.08 Å². The molecule has 3 atom stereocenters. The molecule has 0 aromatic rings. The van der Waals surface area contributed by atoms with Crippen LogP contribution >= 0.6 is 11.8 Å². The highest BCUT2D eigenvalue weighted by Gasteiger charge is 2.42. The van der Waals surface area contributed by atoms with Crippen molar-refractivity contribution in [2.45, 2.75) is 43.0 Å². The monoisotopic (exact) mass is 283 g/mol. The quantitative estimate of drug-likeness (QED) is 0.371. The van der Waals surface area contributed by atoms with E-state index >= 15 is 0 Å². The van der Waals surface area contributed by atoms with Crippen LogP contribution in [0.2, 0.25) is 0 Å². The van der Waals surface area contributed by atoms with Crippen LogP contribution in [-0.2, 0) is 4.79 Å². The van der Waals surface area contributed by atoms with Crippen molar-refractivity contribution in [3.63, 3.8) is 0 Å². The Balaban J connectivity index is 1.60. The molecular weight excluding hydrogens is 262 g/mol. The molecule has 0 bridgehead atoms. The topological polar surface area (TPSA) is 70.2 Å². The van der Waals surface area contributed by atoms with Gasteiger partial charge in [0.05, 0.1) is 12.1 Å². The highest BCUT2D eigenvalue weighted by Crippen LogP contribution is 2.33. The standard InChI is InChI=1S/C13H21N3O2S/c1-2-7-14-11(17)6-4-3-5-10-12-9(8-19-10)15-13(18)16-12/h2,9-10,12H,1,3-8H2,(H,14,17)(H2,15,16,18)/t9-,10?,12-/m1/s1. The Hall–Kier alpha value is -1.17. The van der Waals surface area contributed by atoms with E-state index in [0.29, 0.717) is 24.3 Å². The molecule has 3 N–H and O–H groups in total. The van der Waals surface area contributed by atoms with Crippen LogP contribution in [0.5, 0.6) is 0 Å². The smallest absolute Gasteiger partial charge is 0.315 e. The average Bonchev–Trinajstić information content (AvgIpc) is 2.92. The van der Waals surface area contributed by atoms with Crippen molar-refractivity contribution in [2.75, 3.05) is 12.3 Å². The van der Waals surface area contributed by atoms with Gasteiger partial charge in [0, 0.05) is 24.0 Å². The van der Waals surface area contributed by atoms with Gasteiger partial charge in [-0.15, -0.1) is 6.58 Å². The van der Waals surface area contributed by atoms with Crippen LogP contribution in [0.1, 0.15) is 25.7 Å². The summed E-state index contributed by atoms with van der Waals surface area (Å²) in [6, 6.07) is 0.523. The van der Waals surface area contributed by atoms with Crippen LogP contribution < -0.4 is 16.0 Å². The largest absolute Gasteiger partial charge is 0.353 e. The average molecular weight is 283 g/mol. The first-order valence-electron chi connectivity index (χ1n) is 6.77. The summed E-state index contributed by atoms with van der Waals surface area (Å²) in [4.78, 5) is 22.6. The van der Waals surface area contributed by atoms with E-state index in [1.807, 2.05) is 11.8 Å². The Bertz CT molecular complexity index is 362. The maximum atomic E-state index is 11.4. The van der Waals surface area contributed by atoms with Gasteiger partial charge in [-0.25, -0.2) is 4.79 Å². The molecule has 2 aliphatic rings. The first kappa shape index (κ1) is 14.2. The van der Waals surface area contributed by atoms with E-state index in [0.717, 1.165) is 25.0 Å². The zero-order chi connectivity index (χ0) is 13.7. The molecule has 0 aromatic heterocycles. The third-order valence-electron chi connectivity index (χ3n) is 3.52. The van der Waals surface area contributed by atoms with Crippen molar-refractivity contribution in [2.24, 2.45) is 0 Å². The third kappa shape index (κ3) is 3.89. The zero-order valence-corrected chi connectivity index (χ0v) is 11.8. The minimum absolute atomic E-state index is 0.0379. The molecule has 2 saturated heterocycles. The van der Waals surface area contributed by atoms with E-state index in [9.17, 15) is 9.59 Å². The second-order valence-electron chi connectivity index (χ2n) is 4.96. The molecule has 2 fully saturated rings. The van der Waals surface area contributed by atoms with Crippen molar-refractivity contribution in [1.82, 2.24) is 16.0 Å². The van der Waals surface area contributed by atoms with Gasteiger partial charge >= 0.3 is 6.03 Å². The van der Waals surface area contributed by atoms with Gasteiger partial charge in [-0.2, -0.15) is 11.8 Å². The Kier molecular flexibility index (Phi) is 5.13. The van der Waals surface area contributed by atoms with Gasteiger partial charge in [-0.05, 0) is 12.8 Å². The normalized spacial score (nSPS) is 28.4. The highest BCUT2D eigenvalue weighted by atomic mass is 32.2. The fraction of sp³-hybridized carbons (Fsp3) is 0.692. The lowest BCUT2D eigenvalue weighted by Gasteiger charge is -2.16. The molecule has 0 aliphatic carbocycles. The van der Waals surface area contributed by atoms with Crippen molar-refractivity contribution in [3.8, 4) is 0 Å². The second-order valence-corrected chi connectivity index (χ2v) is 6.23. The minimum Gasteiger partial charge on any atom is -0.353 e. The summed E-state index contributed by atoms with van der Waals surface area (Å²) in [6.07, 6.45) is 5.24. The first-order valence-corrected chi connectivity index (χ1v) is 7.82. The number of hydrogen-bond acceptors (Lipinski definition) is 3. The molecule has 6 heteroatoms. The second kappa shape index (κ2) is 6.84. The van der Waals surface area contributed by atoms with E-state index in [1.165, 1.54) is 0 Å². The number of hydrogen-bond donors (Lipinski definition) is 3. The number of carbonyl (C=O) groups excluding carboxylic acids is 2. The van der Waals surface area contributed by atoms with Crippen LogP contribution in [0.25, 0.3) is 0 Å². The molecule has 2 aliphatic heterocycles. The molecule has 0 spiro atoms. The van der Waals surface area contributed by atoms with E-state index in [4.69, 9.17) is 0 Å². The number of thioether (sulfide) groups is 1. The van der Waals surface area contributed by atoms with Crippen LogP contribution in [0.3, 0.4) is 0 Å². The predicted octanol–water partition coefficient (Wildman–Crippen LogP) is 1.01. The predicted molar refractivity (Wildman–Crippen MR) is 77.2 cm³/mol. The van der Waals surface area contributed by atoms with Gasteiger partial charge < -0.3 is 16.0 Å². The summed E-state index contributed by atoms with van der Waals surface area (Å²) in [5, 5.41) is 9.18. The Morgan fingerprint density at radius 3 is 3.11 bits per heavy atom. The molecule has 1 unspecified atom stereocenters. The van der Waals surface area contributed by atoms with Crippen molar-refractivity contribution in [3.05, 3.63) is 12.7 Å². The number of carbonyl (C=O) groups is 2. The van der Waals surface area contributed by atoms with E-state index in [2.05, 4.69) is 22.5 Å². The van der Waals surface area contributed by atoms with E-state index < -0.39 is 0 Å². The van der Waals surface area contributed by atoms with Crippen molar-refractivity contribution < 1.29 is 9.59 Å². The number of rotatable bonds is 7. The van der Waals surface area contributed by atoms with Gasteiger partial charge in [0.2, 0.25) is 5.91 Å². The molecule has 2 heterocycles. The summed E-state index contributed by atoms with van der Waals surface area (Å²) in [6.45, 7) is 4.10.